The number of methoxy groups -OCH3 is 2. The third kappa shape index (κ3) is 3.57. The zero-order valence-corrected chi connectivity index (χ0v) is 17.8. The van der Waals surface area contributed by atoms with Crippen molar-refractivity contribution in [1.82, 2.24) is 14.7 Å². The molecule has 0 saturated carbocycles. The van der Waals surface area contributed by atoms with Crippen LogP contribution in [-0.2, 0) is 13.1 Å². The molecule has 2 heterocycles. The van der Waals surface area contributed by atoms with Gasteiger partial charge < -0.3 is 9.47 Å². The second-order valence-electron chi connectivity index (χ2n) is 6.81. The van der Waals surface area contributed by atoms with Crippen molar-refractivity contribution >= 4 is 23.6 Å². The van der Waals surface area contributed by atoms with Gasteiger partial charge in [0.2, 0.25) is 0 Å². The Morgan fingerprint density at radius 2 is 1.86 bits per heavy atom. The van der Waals surface area contributed by atoms with Gasteiger partial charge >= 0.3 is 0 Å². The van der Waals surface area contributed by atoms with E-state index < -0.39 is 0 Å². The maximum atomic E-state index is 5.59. The van der Waals surface area contributed by atoms with Crippen LogP contribution in [0.25, 0.3) is 0 Å². The van der Waals surface area contributed by atoms with Crippen molar-refractivity contribution in [2.45, 2.75) is 26.1 Å². The van der Waals surface area contributed by atoms with Crippen molar-refractivity contribution < 1.29 is 9.47 Å². The quantitative estimate of drug-likeness (QED) is 0.572. The highest BCUT2D eigenvalue weighted by atomic mass is 32.1. The number of aryl methyl sites for hydroxylation is 1. The lowest BCUT2D eigenvalue weighted by molar-refractivity contribution is 0.155. The Kier molecular flexibility index (Phi) is 5.48. The Morgan fingerprint density at radius 1 is 1.14 bits per heavy atom. The summed E-state index contributed by atoms with van der Waals surface area (Å²) in [4.78, 5) is 2.43. The minimum absolute atomic E-state index is 0.105. The van der Waals surface area contributed by atoms with Gasteiger partial charge in [-0.1, -0.05) is 41.7 Å². The molecule has 2 aromatic carbocycles. The van der Waals surface area contributed by atoms with E-state index in [9.17, 15) is 0 Å². The number of fused-ring (bicyclic) bond motifs is 1. The number of nitrogens with zero attached hydrogens (tertiary/aromatic N) is 3. The maximum absolute atomic E-state index is 5.59. The zero-order chi connectivity index (χ0) is 19.7. The molecule has 1 aliphatic heterocycles. The van der Waals surface area contributed by atoms with Gasteiger partial charge in [-0.15, -0.1) is 0 Å². The zero-order valence-electron chi connectivity index (χ0n) is 16.2. The highest BCUT2D eigenvalue weighted by Gasteiger charge is 2.30. The Morgan fingerprint density at radius 3 is 2.50 bits per heavy atom. The van der Waals surface area contributed by atoms with Gasteiger partial charge in [-0.05, 0) is 54.4 Å². The molecule has 146 valence electrons. The van der Waals surface area contributed by atoms with Gasteiger partial charge in [0.1, 0.15) is 5.01 Å². The van der Waals surface area contributed by atoms with Gasteiger partial charge in [0, 0.05) is 6.54 Å². The van der Waals surface area contributed by atoms with Crippen LogP contribution in [0, 0.1) is 10.9 Å². The molecular formula is C21H23N3O2S2. The molecule has 0 amide bonds. The minimum Gasteiger partial charge on any atom is -0.493 e. The molecule has 7 heteroatoms. The summed E-state index contributed by atoms with van der Waals surface area (Å²) in [6.07, 6.45) is 0.940. The summed E-state index contributed by atoms with van der Waals surface area (Å²) in [6.45, 7) is 3.57. The van der Waals surface area contributed by atoms with Crippen LogP contribution < -0.4 is 9.47 Å². The first-order chi connectivity index (χ1) is 13.6. The van der Waals surface area contributed by atoms with Crippen LogP contribution in [0.15, 0.2) is 42.5 Å². The number of rotatable bonds is 5. The molecule has 0 radical (unpaired) electrons. The largest absolute Gasteiger partial charge is 0.493 e. The first kappa shape index (κ1) is 19.1. The van der Waals surface area contributed by atoms with Crippen LogP contribution in [0.3, 0.4) is 0 Å². The summed E-state index contributed by atoms with van der Waals surface area (Å²) in [6, 6.07) is 14.9. The molecule has 0 N–H and O–H groups in total. The predicted molar refractivity (Wildman–Crippen MR) is 114 cm³/mol. The van der Waals surface area contributed by atoms with E-state index in [-0.39, 0.29) is 6.04 Å². The molecule has 0 saturated heterocycles. The first-order valence-electron chi connectivity index (χ1n) is 9.19. The van der Waals surface area contributed by atoms with E-state index in [0.717, 1.165) is 33.4 Å². The van der Waals surface area contributed by atoms with Crippen LogP contribution in [0.5, 0.6) is 11.5 Å². The number of ether oxygens (including phenoxy) is 2. The molecule has 0 aliphatic carbocycles. The summed E-state index contributed by atoms with van der Waals surface area (Å²) in [5.41, 5.74) is 3.78. The smallest absolute Gasteiger partial charge is 0.180 e. The van der Waals surface area contributed by atoms with Crippen molar-refractivity contribution in [1.29, 1.82) is 0 Å². The lowest BCUT2D eigenvalue weighted by Crippen LogP contribution is -2.37. The average molecular weight is 414 g/mol. The summed E-state index contributed by atoms with van der Waals surface area (Å²) < 4.78 is 13.8. The topological polar surface area (TPSA) is 39.5 Å². The SMILES string of the molecule is COc1cc2c(cc1OC)C(c1ccccc1)N(Cn1nc(C)sc1=S)CC2. The minimum atomic E-state index is 0.105. The number of hydrogen-bond acceptors (Lipinski definition) is 6. The lowest BCUT2D eigenvalue weighted by Gasteiger charge is -2.37. The van der Waals surface area contributed by atoms with E-state index in [1.807, 2.05) is 17.7 Å². The summed E-state index contributed by atoms with van der Waals surface area (Å²) in [5, 5.41) is 5.58. The van der Waals surface area contributed by atoms with Crippen LogP contribution >= 0.6 is 23.6 Å². The molecule has 0 fully saturated rings. The van der Waals surface area contributed by atoms with Crippen LogP contribution in [0.1, 0.15) is 27.7 Å². The molecule has 3 aromatic rings. The standard InChI is InChI=1S/C21H23N3O2S2/c1-14-22-24(21(27)28-14)13-23-10-9-16-11-18(25-2)19(26-3)12-17(16)20(23)15-7-5-4-6-8-15/h4-8,11-12,20H,9-10,13H2,1-3H3. The fraction of sp³-hybridized carbons (Fsp3) is 0.333. The highest BCUT2D eigenvalue weighted by Crippen LogP contribution is 2.41. The molecule has 5 nitrogen and oxygen atoms in total. The van der Waals surface area contributed by atoms with E-state index in [2.05, 4.69) is 46.4 Å². The van der Waals surface area contributed by atoms with Crippen LogP contribution in [0.2, 0.25) is 0 Å². The van der Waals surface area contributed by atoms with Gasteiger partial charge in [-0.25, -0.2) is 4.68 Å². The van der Waals surface area contributed by atoms with Crippen LogP contribution in [0.4, 0.5) is 0 Å². The molecule has 28 heavy (non-hydrogen) atoms. The highest BCUT2D eigenvalue weighted by molar-refractivity contribution is 7.73. The third-order valence-corrected chi connectivity index (χ3v) is 6.33. The third-order valence-electron chi connectivity index (χ3n) is 5.11. The lowest BCUT2D eigenvalue weighted by atomic mass is 9.88. The van der Waals surface area contributed by atoms with Crippen LogP contribution in [-0.4, -0.2) is 35.4 Å². The fourth-order valence-corrected chi connectivity index (χ4v) is 4.90. The van der Waals surface area contributed by atoms with Gasteiger partial charge in [-0.3, -0.25) is 4.90 Å². The Bertz CT molecular complexity index is 1030. The second-order valence-corrected chi connectivity index (χ2v) is 8.64. The molecule has 0 bridgehead atoms. The molecule has 1 aromatic heterocycles. The van der Waals surface area contributed by atoms with Gasteiger partial charge in [-0.2, -0.15) is 5.10 Å². The Labute approximate surface area is 174 Å². The molecule has 4 rings (SSSR count). The fourth-order valence-electron chi connectivity index (χ4n) is 3.85. The van der Waals surface area contributed by atoms with E-state index in [4.69, 9.17) is 21.7 Å². The Balaban J connectivity index is 1.80. The normalized spacial score (nSPS) is 16.6. The maximum Gasteiger partial charge on any atom is 0.180 e. The van der Waals surface area contributed by atoms with Crippen molar-refractivity contribution in [3.8, 4) is 11.5 Å². The number of aromatic nitrogens is 2. The van der Waals surface area contributed by atoms with Crippen molar-refractivity contribution in [2.24, 2.45) is 0 Å². The average Bonchev–Trinajstić information content (AvgIpc) is 3.04. The Hall–Kier alpha value is -2.22. The van der Waals surface area contributed by atoms with E-state index >= 15 is 0 Å². The number of benzene rings is 2. The molecule has 1 atom stereocenters. The van der Waals surface area contributed by atoms with Gasteiger partial charge in [0.15, 0.2) is 15.5 Å². The van der Waals surface area contributed by atoms with E-state index in [1.165, 1.54) is 16.7 Å². The van der Waals surface area contributed by atoms with E-state index in [0.29, 0.717) is 6.67 Å². The van der Waals surface area contributed by atoms with Gasteiger partial charge in [0.25, 0.3) is 0 Å². The van der Waals surface area contributed by atoms with Crippen molar-refractivity contribution in [2.75, 3.05) is 20.8 Å². The summed E-state index contributed by atoms with van der Waals surface area (Å²) in [5.74, 6) is 1.53. The van der Waals surface area contributed by atoms with Gasteiger partial charge in [0.05, 0.1) is 26.9 Å². The molecule has 0 spiro atoms. The molecular weight excluding hydrogens is 390 g/mol. The molecule has 1 unspecified atom stereocenters. The number of hydrogen-bond donors (Lipinski definition) is 0. The van der Waals surface area contributed by atoms with Crippen molar-refractivity contribution in [3.05, 3.63) is 68.1 Å². The molecule has 1 aliphatic rings. The second kappa shape index (κ2) is 8.03. The first-order valence-corrected chi connectivity index (χ1v) is 10.4. The van der Waals surface area contributed by atoms with Crippen molar-refractivity contribution in [3.63, 3.8) is 0 Å². The summed E-state index contributed by atoms with van der Waals surface area (Å²) in [7, 11) is 3.36. The summed E-state index contributed by atoms with van der Waals surface area (Å²) >= 11 is 7.06. The monoisotopic (exact) mass is 413 g/mol. The predicted octanol–water partition coefficient (Wildman–Crippen LogP) is 4.60. The van der Waals surface area contributed by atoms with E-state index in [1.54, 1.807) is 25.6 Å².